The first-order chi connectivity index (χ1) is 12.2. The Hall–Kier alpha value is -1.36. The van der Waals surface area contributed by atoms with Crippen LogP contribution in [-0.2, 0) is 19.2 Å². The summed E-state index contributed by atoms with van der Waals surface area (Å²) in [5.74, 6) is 0.0621. The second-order valence-electron chi connectivity index (χ2n) is 9.71. The minimum absolute atomic E-state index is 0.0782. The number of ketones is 3. The number of aldehydes is 1. The standard InChI is InChI=1S/C21H28O5/c1-19-7-5-13(23)9-12(19)3-4-14-15-6-8-21(26,17(25)11-22)20(15,2)10-16(24)18(14)19/h11-12,14-15,18,26H,3-10H2,1-2H3/t12-,14+,15+,18-,19+,20+,21+/m1/s1. The third-order valence-corrected chi connectivity index (χ3v) is 8.84. The number of carbonyl (C=O) groups excluding carboxylic acids is 4. The number of fused-ring (bicyclic) bond motifs is 5. The van der Waals surface area contributed by atoms with E-state index in [9.17, 15) is 24.3 Å². The molecular weight excluding hydrogens is 332 g/mol. The van der Waals surface area contributed by atoms with Crippen molar-refractivity contribution < 1.29 is 24.3 Å². The molecule has 0 amide bonds. The second-order valence-corrected chi connectivity index (χ2v) is 9.71. The number of hydrogen-bond donors (Lipinski definition) is 1. The lowest BCUT2D eigenvalue weighted by Crippen LogP contribution is -2.61. The van der Waals surface area contributed by atoms with Gasteiger partial charge in [-0.1, -0.05) is 13.8 Å². The van der Waals surface area contributed by atoms with E-state index < -0.39 is 16.8 Å². The molecule has 0 radical (unpaired) electrons. The van der Waals surface area contributed by atoms with Crippen molar-refractivity contribution in [3.8, 4) is 0 Å². The SMILES string of the molecule is C[C@]12CCC(=O)C[C@H]1CC[C@@H]1[C@@H]2C(=O)C[C@@]2(C)[C@H]1CC[C@]2(O)C(=O)C=O. The van der Waals surface area contributed by atoms with E-state index in [4.69, 9.17) is 0 Å². The molecule has 0 aromatic heterocycles. The van der Waals surface area contributed by atoms with Crippen molar-refractivity contribution in [2.75, 3.05) is 0 Å². The Labute approximate surface area is 153 Å². The maximum Gasteiger partial charge on any atom is 0.227 e. The molecule has 0 bridgehead atoms. The Bertz CT molecular complexity index is 699. The fourth-order valence-electron chi connectivity index (χ4n) is 7.37. The smallest absolute Gasteiger partial charge is 0.227 e. The van der Waals surface area contributed by atoms with Gasteiger partial charge in [-0.05, 0) is 55.3 Å². The third-order valence-electron chi connectivity index (χ3n) is 8.84. The number of hydrogen-bond acceptors (Lipinski definition) is 5. The summed E-state index contributed by atoms with van der Waals surface area (Å²) in [6.45, 7) is 4.01. The molecule has 4 aliphatic carbocycles. The number of rotatable bonds is 2. The molecule has 1 N–H and O–H groups in total. The van der Waals surface area contributed by atoms with Crippen molar-refractivity contribution in [2.45, 2.75) is 70.8 Å². The third kappa shape index (κ3) is 2.07. The molecule has 0 heterocycles. The average Bonchev–Trinajstić information content (AvgIpc) is 2.86. The van der Waals surface area contributed by atoms with Gasteiger partial charge in [0.15, 0.2) is 6.29 Å². The van der Waals surface area contributed by atoms with Gasteiger partial charge in [0.1, 0.15) is 17.2 Å². The van der Waals surface area contributed by atoms with E-state index in [0.29, 0.717) is 25.0 Å². The van der Waals surface area contributed by atoms with Crippen molar-refractivity contribution >= 4 is 23.6 Å². The van der Waals surface area contributed by atoms with Crippen molar-refractivity contribution in [3.05, 3.63) is 0 Å². The van der Waals surface area contributed by atoms with Crippen LogP contribution in [0.1, 0.15) is 65.2 Å². The summed E-state index contributed by atoms with van der Waals surface area (Å²) in [4.78, 5) is 48.6. The van der Waals surface area contributed by atoms with Crippen molar-refractivity contribution in [3.63, 3.8) is 0 Å². The zero-order valence-corrected chi connectivity index (χ0v) is 15.6. The van der Waals surface area contributed by atoms with Gasteiger partial charge in [-0.25, -0.2) is 0 Å². The lowest BCUT2D eigenvalue weighted by molar-refractivity contribution is -0.177. The Balaban J connectivity index is 1.72. The maximum absolute atomic E-state index is 13.3. The van der Waals surface area contributed by atoms with Gasteiger partial charge in [0.25, 0.3) is 0 Å². The molecule has 4 rings (SSSR count). The van der Waals surface area contributed by atoms with E-state index in [1.807, 2.05) is 6.92 Å². The number of aliphatic hydroxyl groups is 1. The molecule has 7 atom stereocenters. The van der Waals surface area contributed by atoms with Crippen molar-refractivity contribution in [1.82, 2.24) is 0 Å². The van der Waals surface area contributed by atoms with E-state index >= 15 is 0 Å². The molecule has 0 aromatic carbocycles. The summed E-state index contributed by atoms with van der Waals surface area (Å²) in [6.07, 6.45) is 5.03. The molecule has 4 aliphatic rings. The predicted octanol–water partition coefficient (Wildman–Crippen LogP) is 2.28. The monoisotopic (exact) mass is 360 g/mol. The topological polar surface area (TPSA) is 88.5 Å². The van der Waals surface area contributed by atoms with E-state index in [1.165, 1.54) is 0 Å². The summed E-state index contributed by atoms with van der Waals surface area (Å²) in [7, 11) is 0. The maximum atomic E-state index is 13.3. The van der Waals surface area contributed by atoms with Crippen LogP contribution in [0.4, 0.5) is 0 Å². The van der Waals surface area contributed by atoms with Crippen molar-refractivity contribution in [2.24, 2.45) is 34.5 Å². The van der Waals surface area contributed by atoms with Gasteiger partial charge in [0.2, 0.25) is 5.78 Å². The summed E-state index contributed by atoms with van der Waals surface area (Å²) in [5.41, 5.74) is -2.71. The van der Waals surface area contributed by atoms with Crippen LogP contribution in [0.5, 0.6) is 0 Å². The van der Waals surface area contributed by atoms with Crippen LogP contribution in [0.2, 0.25) is 0 Å². The van der Waals surface area contributed by atoms with Crippen LogP contribution in [0, 0.1) is 34.5 Å². The molecular formula is C21H28O5. The molecule has 0 spiro atoms. The van der Waals surface area contributed by atoms with Crippen LogP contribution >= 0.6 is 0 Å². The molecule has 0 saturated heterocycles. The molecule has 4 saturated carbocycles. The van der Waals surface area contributed by atoms with Gasteiger partial charge in [-0.3, -0.25) is 19.2 Å². The van der Waals surface area contributed by atoms with Crippen LogP contribution in [0.15, 0.2) is 0 Å². The van der Waals surface area contributed by atoms with E-state index in [2.05, 4.69) is 6.92 Å². The number of Topliss-reactive ketones (excluding diaryl/α,β-unsaturated/α-hetero) is 3. The largest absolute Gasteiger partial charge is 0.381 e. The average molecular weight is 360 g/mol. The van der Waals surface area contributed by atoms with Crippen LogP contribution in [-0.4, -0.2) is 34.3 Å². The molecule has 5 heteroatoms. The minimum atomic E-state index is -1.71. The molecule has 0 unspecified atom stereocenters. The van der Waals surface area contributed by atoms with Gasteiger partial charge in [-0.2, -0.15) is 0 Å². The summed E-state index contributed by atoms with van der Waals surface area (Å²) in [5, 5.41) is 11.1. The zero-order valence-electron chi connectivity index (χ0n) is 15.6. The first-order valence-electron chi connectivity index (χ1n) is 9.94. The quantitative estimate of drug-likeness (QED) is 0.603. The predicted molar refractivity (Wildman–Crippen MR) is 93.1 cm³/mol. The molecule has 142 valence electrons. The highest BCUT2D eigenvalue weighted by Crippen LogP contribution is 2.67. The summed E-state index contributed by atoms with van der Waals surface area (Å²) in [6, 6.07) is 0. The molecule has 26 heavy (non-hydrogen) atoms. The summed E-state index contributed by atoms with van der Waals surface area (Å²) < 4.78 is 0. The van der Waals surface area contributed by atoms with E-state index in [0.717, 1.165) is 19.3 Å². The highest BCUT2D eigenvalue weighted by molar-refractivity contribution is 6.29. The zero-order chi connectivity index (χ0) is 18.9. The molecule has 0 aromatic rings. The Morgan fingerprint density at radius 1 is 1.15 bits per heavy atom. The lowest BCUT2D eigenvalue weighted by Gasteiger charge is -2.59. The van der Waals surface area contributed by atoms with Crippen molar-refractivity contribution in [1.29, 1.82) is 0 Å². The van der Waals surface area contributed by atoms with E-state index in [1.54, 1.807) is 0 Å². The van der Waals surface area contributed by atoms with Gasteiger partial charge >= 0.3 is 0 Å². The van der Waals surface area contributed by atoms with Crippen LogP contribution in [0.3, 0.4) is 0 Å². The molecule has 4 fully saturated rings. The Kier molecular flexibility index (Phi) is 3.86. The fraction of sp³-hybridized carbons (Fsp3) is 0.810. The molecule has 0 aliphatic heterocycles. The van der Waals surface area contributed by atoms with Gasteiger partial charge < -0.3 is 5.11 Å². The number of carbonyl (C=O) groups is 4. The lowest BCUT2D eigenvalue weighted by atomic mass is 9.44. The Morgan fingerprint density at radius 3 is 2.58 bits per heavy atom. The van der Waals surface area contributed by atoms with Gasteiger partial charge in [0.05, 0.1) is 0 Å². The van der Waals surface area contributed by atoms with E-state index in [-0.39, 0.29) is 54.0 Å². The fourth-order valence-corrected chi connectivity index (χ4v) is 7.37. The van der Waals surface area contributed by atoms with Crippen LogP contribution < -0.4 is 0 Å². The minimum Gasteiger partial charge on any atom is -0.381 e. The Morgan fingerprint density at radius 2 is 1.88 bits per heavy atom. The second kappa shape index (κ2) is 5.57. The van der Waals surface area contributed by atoms with Crippen LogP contribution in [0.25, 0.3) is 0 Å². The summed E-state index contributed by atoms with van der Waals surface area (Å²) >= 11 is 0. The highest BCUT2D eigenvalue weighted by Gasteiger charge is 2.69. The first kappa shape index (κ1) is 18.0. The highest BCUT2D eigenvalue weighted by atomic mass is 16.3. The first-order valence-corrected chi connectivity index (χ1v) is 9.94. The van der Waals surface area contributed by atoms with Gasteiger partial charge in [-0.15, -0.1) is 0 Å². The molecule has 5 nitrogen and oxygen atoms in total. The van der Waals surface area contributed by atoms with Gasteiger partial charge in [0, 0.05) is 30.6 Å². The normalized spacial score (nSPS) is 50.6.